The van der Waals surface area contributed by atoms with Crippen molar-refractivity contribution in [1.29, 1.82) is 0 Å². The first kappa shape index (κ1) is 16.7. The molecular weight excluding hydrogens is 244 g/mol. The molecule has 1 rings (SSSR count). The van der Waals surface area contributed by atoms with Crippen LogP contribution in [-0.4, -0.2) is 11.7 Å². The number of aryl methyl sites for hydroxylation is 1. The predicted molar refractivity (Wildman–Crippen MR) is 88.0 cm³/mol. The maximum absolute atomic E-state index is 9.38. The number of rotatable bonds is 9. The second kappa shape index (κ2) is 10.4. The summed E-state index contributed by atoms with van der Waals surface area (Å²) in [5, 5.41) is 9.38. The third-order valence-corrected chi connectivity index (χ3v) is 3.43. The van der Waals surface area contributed by atoms with Crippen molar-refractivity contribution in [2.24, 2.45) is 0 Å². The van der Waals surface area contributed by atoms with Gasteiger partial charge in [-0.25, -0.2) is 0 Å². The number of hydrogen-bond donors (Lipinski definition) is 1. The second-order valence-corrected chi connectivity index (χ2v) is 5.27. The number of aliphatic hydroxyl groups excluding tert-OH is 1. The molecule has 0 saturated heterocycles. The summed E-state index contributed by atoms with van der Waals surface area (Å²) < 4.78 is 0. The van der Waals surface area contributed by atoms with E-state index >= 15 is 0 Å². The molecule has 0 aromatic heterocycles. The van der Waals surface area contributed by atoms with Crippen LogP contribution in [0.15, 0.2) is 48.1 Å². The molecule has 0 atom stereocenters. The summed E-state index contributed by atoms with van der Waals surface area (Å²) >= 11 is 0. The van der Waals surface area contributed by atoms with Crippen molar-refractivity contribution in [1.82, 2.24) is 0 Å². The quantitative estimate of drug-likeness (QED) is 0.503. The Bertz CT molecular complexity index is 412. The van der Waals surface area contributed by atoms with Crippen LogP contribution in [0.1, 0.15) is 50.7 Å². The largest absolute Gasteiger partial charge is 0.392 e. The summed E-state index contributed by atoms with van der Waals surface area (Å²) in [6.45, 7) is 4.48. The molecular formula is C19H28O. The van der Waals surface area contributed by atoms with Gasteiger partial charge in [0.25, 0.3) is 0 Å². The van der Waals surface area contributed by atoms with Crippen LogP contribution in [0.25, 0.3) is 0 Å². The number of hydrogen-bond acceptors (Lipinski definition) is 1. The Morgan fingerprint density at radius 1 is 1.05 bits per heavy atom. The molecule has 110 valence electrons. The van der Waals surface area contributed by atoms with Crippen LogP contribution in [-0.2, 0) is 12.8 Å². The maximum Gasteiger partial charge on any atom is 0.0648 e. The highest BCUT2D eigenvalue weighted by molar-refractivity contribution is 5.28. The summed E-state index contributed by atoms with van der Waals surface area (Å²) in [5.41, 5.74) is 3.76. The van der Waals surface area contributed by atoms with Crippen molar-refractivity contribution in [3.63, 3.8) is 0 Å². The summed E-state index contributed by atoms with van der Waals surface area (Å²) in [6, 6.07) is 8.83. The summed E-state index contributed by atoms with van der Waals surface area (Å²) in [5.74, 6) is 0. The highest BCUT2D eigenvalue weighted by atomic mass is 16.3. The van der Waals surface area contributed by atoms with Gasteiger partial charge in [0.05, 0.1) is 6.61 Å². The van der Waals surface area contributed by atoms with E-state index in [1.54, 1.807) is 0 Å². The Labute approximate surface area is 124 Å². The van der Waals surface area contributed by atoms with Gasteiger partial charge in [-0.1, -0.05) is 69.2 Å². The first-order chi connectivity index (χ1) is 9.80. The standard InChI is InChI=1S/C19H28O/c1-3-5-7-9-17-11-13-18(14-12-17)15-19(16-20)10-8-6-4-2/h6,8,10-14,20H,3-5,7,9,15-16H2,1-2H3/b8-6-,19-10-. The Balaban J connectivity index is 2.54. The van der Waals surface area contributed by atoms with E-state index in [2.05, 4.69) is 44.2 Å². The predicted octanol–water partition coefficient (Wildman–Crippen LogP) is 4.85. The second-order valence-electron chi connectivity index (χ2n) is 5.27. The molecule has 1 heteroatoms. The van der Waals surface area contributed by atoms with E-state index < -0.39 is 0 Å². The van der Waals surface area contributed by atoms with Crippen molar-refractivity contribution in [2.75, 3.05) is 6.61 Å². The fourth-order valence-electron chi connectivity index (χ4n) is 2.17. The molecule has 1 N–H and O–H groups in total. The first-order valence-corrected chi connectivity index (χ1v) is 7.83. The molecule has 0 heterocycles. The van der Waals surface area contributed by atoms with Gasteiger partial charge in [-0.05, 0) is 42.4 Å². The topological polar surface area (TPSA) is 20.2 Å². The Hall–Kier alpha value is -1.34. The number of unbranched alkanes of at least 4 members (excludes halogenated alkanes) is 2. The van der Waals surface area contributed by atoms with Crippen LogP contribution in [0.3, 0.4) is 0 Å². The highest BCUT2D eigenvalue weighted by Gasteiger charge is 1.99. The summed E-state index contributed by atoms with van der Waals surface area (Å²) in [7, 11) is 0. The Morgan fingerprint density at radius 2 is 1.75 bits per heavy atom. The molecule has 0 aliphatic heterocycles. The lowest BCUT2D eigenvalue weighted by Crippen LogP contribution is -1.96. The lowest BCUT2D eigenvalue weighted by molar-refractivity contribution is 0.328. The van der Waals surface area contributed by atoms with Crippen LogP contribution < -0.4 is 0 Å². The zero-order valence-electron chi connectivity index (χ0n) is 12.9. The molecule has 1 aromatic carbocycles. The average molecular weight is 272 g/mol. The van der Waals surface area contributed by atoms with Gasteiger partial charge in [0.1, 0.15) is 0 Å². The van der Waals surface area contributed by atoms with Crippen LogP contribution in [0.4, 0.5) is 0 Å². The minimum absolute atomic E-state index is 0.131. The maximum atomic E-state index is 9.38. The fourth-order valence-corrected chi connectivity index (χ4v) is 2.17. The molecule has 0 aliphatic rings. The van der Waals surface area contributed by atoms with E-state index in [1.165, 1.54) is 36.8 Å². The van der Waals surface area contributed by atoms with Crippen molar-refractivity contribution in [3.8, 4) is 0 Å². The zero-order chi connectivity index (χ0) is 14.6. The van der Waals surface area contributed by atoms with Crippen LogP contribution >= 0.6 is 0 Å². The van der Waals surface area contributed by atoms with E-state index in [0.29, 0.717) is 0 Å². The molecule has 0 amide bonds. The average Bonchev–Trinajstić information content (AvgIpc) is 2.48. The zero-order valence-corrected chi connectivity index (χ0v) is 12.9. The fraction of sp³-hybridized carbons (Fsp3) is 0.474. The molecule has 1 aromatic rings. The van der Waals surface area contributed by atoms with Gasteiger partial charge < -0.3 is 5.11 Å². The molecule has 0 aliphatic carbocycles. The van der Waals surface area contributed by atoms with Gasteiger partial charge in [-0.3, -0.25) is 0 Å². The third-order valence-electron chi connectivity index (χ3n) is 3.43. The number of allylic oxidation sites excluding steroid dienone is 3. The van der Waals surface area contributed by atoms with Gasteiger partial charge >= 0.3 is 0 Å². The van der Waals surface area contributed by atoms with E-state index in [1.807, 2.05) is 12.2 Å². The van der Waals surface area contributed by atoms with Crippen LogP contribution in [0.5, 0.6) is 0 Å². The molecule has 0 spiro atoms. The lowest BCUT2D eigenvalue weighted by atomic mass is 10.0. The molecule has 1 nitrogen and oxygen atoms in total. The molecule has 20 heavy (non-hydrogen) atoms. The van der Waals surface area contributed by atoms with Crippen LogP contribution in [0.2, 0.25) is 0 Å². The van der Waals surface area contributed by atoms with E-state index in [0.717, 1.165) is 18.4 Å². The molecule has 0 fully saturated rings. The Morgan fingerprint density at radius 3 is 2.35 bits per heavy atom. The monoisotopic (exact) mass is 272 g/mol. The molecule has 0 radical (unpaired) electrons. The SMILES string of the molecule is CC/C=C\C=C(/CO)Cc1ccc(CCCCC)cc1. The van der Waals surface area contributed by atoms with Crippen molar-refractivity contribution in [3.05, 3.63) is 59.2 Å². The van der Waals surface area contributed by atoms with Crippen molar-refractivity contribution in [2.45, 2.75) is 52.4 Å². The van der Waals surface area contributed by atoms with Crippen molar-refractivity contribution < 1.29 is 5.11 Å². The van der Waals surface area contributed by atoms with Gasteiger partial charge in [0.2, 0.25) is 0 Å². The Kier molecular flexibility index (Phi) is 8.73. The number of benzene rings is 1. The van der Waals surface area contributed by atoms with Crippen LogP contribution in [0, 0.1) is 0 Å². The molecule has 0 unspecified atom stereocenters. The third kappa shape index (κ3) is 6.72. The minimum Gasteiger partial charge on any atom is -0.392 e. The van der Waals surface area contributed by atoms with E-state index in [-0.39, 0.29) is 6.61 Å². The normalized spacial score (nSPS) is 12.2. The van der Waals surface area contributed by atoms with Gasteiger partial charge in [-0.15, -0.1) is 0 Å². The minimum atomic E-state index is 0.131. The van der Waals surface area contributed by atoms with Gasteiger partial charge in [-0.2, -0.15) is 0 Å². The number of aliphatic hydroxyl groups is 1. The van der Waals surface area contributed by atoms with Gasteiger partial charge in [0, 0.05) is 0 Å². The first-order valence-electron chi connectivity index (χ1n) is 7.83. The summed E-state index contributed by atoms with van der Waals surface area (Å²) in [4.78, 5) is 0. The van der Waals surface area contributed by atoms with E-state index in [4.69, 9.17) is 0 Å². The van der Waals surface area contributed by atoms with E-state index in [9.17, 15) is 5.11 Å². The highest BCUT2D eigenvalue weighted by Crippen LogP contribution is 2.12. The molecule has 0 bridgehead atoms. The van der Waals surface area contributed by atoms with Crippen molar-refractivity contribution >= 4 is 0 Å². The smallest absolute Gasteiger partial charge is 0.0648 e. The molecule has 0 saturated carbocycles. The summed E-state index contributed by atoms with van der Waals surface area (Å²) in [6.07, 6.45) is 13.1. The van der Waals surface area contributed by atoms with Gasteiger partial charge in [0.15, 0.2) is 0 Å². The lowest BCUT2D eigenvalue weighted by Gasteiger charge is -2.06.